The monoisotopic (exact) mass is 275 g/mol. The third-order valence-electron chi connectivity index (χ3n) is 2.95. The van der Waals surface area contributed by atoms with Crippen LogP contribution >= 0.6 is 0 Å². The van der Waals surface area contributed by atoms with E-state index in [1.54, 1.807) is 30.3 Å². The predicted molar refractivity (Wildman–Crippen MR) is 73.6 cm³/mol. The van der Waals surface area contributed by atoms with Crippen LogP contribution in [0.25, 0.3) is 0 Å². The molecule has 106 valence electrons. The van der Waals surface area contributed by atoms with E-state index in [-0.39, 0.29) is 18.0 Å². The highest BCUT2D eigenvalue weighted by Crippen LogP contribution is 2.18. The molecule has 0 radical (unpaired) electrons. The summed E-state index contributed by atoms with van der Waals surface area (Å²) in [4.78, 5) is 23.1. The van der Waals surface area contributed by atoms with Crippen molar-refractivity contribution < 1.29 is 19.1 Å². The zero-order valence-corrected chi connectivity index (χ0v) is 11.1. The van der Waals surface area contributed by atoms with Crippen molar-refractivity contribution in [1.82, 2.24) is 5.32 Å². The highest BCUT2D eigenvalue weighted by Gasteiger charge is 2.24. The van der Waals surface area contributed by atoms with Crippen molar-refractivity contribution >= 4 is 11.9 Å². The molecule has 1 amide bonds. The fourth-order valence-corrected chi connectivity index (χ4v) is 1.96. The molecule has 1 saturated heterocycles. The van der Waals surface area contributed by atoms with E-state index in [0.29, 0.717) is 37.3 Å². The summed E-state index contributed by atoms with van der Waals surface area (Å²) in [5, 5.41) is 2.76. The van der Waals surface area contributed by atoms with E-state index in [9.17, 15) is 9.59 Å². The Kier molecular flexibility index (Phi) is 4.76. The van der Waals surface area contributed by atoms with Crippen molar-refractivity contribution in [2.45, 2.75) is 18.9 Å². The first-order valence-electron chi connectivity index (χ1n) is 6.51. The average Bonchev–Trinajstić information content (AvgIpc) is 2.88. The molecule has 1 aromatic carbocycles. The largest absolute Gasteiger partial charge is 0.489 e. The molecule has 0 aliphatic carbocycles. The molecule has 1 heterocycles. The third-order valence-corrected chi connectivity index (χ3v) is 2.95. The minimum absolute atomic E-state index is 0.209. The maximum atomic E-state index is 12.1. The Morgan fingerprint density at radius 3 is 3.00 bits per heavy atom. The van der Waals surface area contributed by atoms with Crippen LogP contribution in [0.15, 0.2) is 36.9 Å². The van der Waals surface area contributed by atoms with E-state index in [1.807, 2.05) is 0 Å². The lowest BCUT2D eigenvalue weighted by molar-refractivity contribution is -0.141. The molecule has 1 aliphatic rings. The summed E-state index contributed by atoms with van der Waals surface area (Å²) in [6.45, 7) is 4.23. The van der Waals surface area contributed by atoms with Crippen LogP contribution in [0.2, 0.25) is 0 Å². The molecule has 1 fully saturated rings. The maximum Gasteiger partial charge on any atom is 0.306 e. The van der Waals surface area contributed by atoms with Crippen LogP contribution < -0.4 is 10.1 Å². The molecule has 2 rings (SSSR count). The Morgan fingerprint density at radius 1 is 1.50 bits per heavy atom. The summed E-state index contributed by atoms with van der Waals surface area (Å²) in [5.41, 5.74) is 0.457. The number of carbonyl (C=O) groups is 2. The van der Waals surface area contributed by atoms with Gasteiger partial charge in [-0.05, 0) is 18.6 Å². The number of hydrogen-bond donors (Lipinski definition) is 1. The zero-order valence-electron chi connectivity index (χ0n) is 11.1. The van der Waals surface area contributed by atoms with Crippen LogP contribution in [0.5, 0.6) is 5.75 Å². The van der Waals surface area contributed by atoms with Gasteiger partial charge in [-0.25, -0.2) is 0 Å². The summed E-state index contributed by atoms with van der Waals surface area (Å²) >= 11 is 0. The van der Waals surface area contributed by atoms with Crippen LogP contribution in [-0.4, -0.2) is 31.1 Å². The molecule has 1 aliphatic heterocycles. The summed E-state index contributed by atoms with van der Waals surface area (Å²) in [6.07, 6.45) is 2.45. The lowest BCUT2D eigenvalue weighted by atomic mass is 10.1. The van der Waals surface area contributed by atoms with Gasteiger partial charge in [0, 0.05) is 6.42 Å². The van der Waals surface area contributed by atoms with Gasteiger partial charge in [-0.1, -0.05) is 24.8 Å². The summed E-state index contributed by atoms with van der Waals surface area (Å²) in [7, 11) is 0. The van der Waals surface area contributed by atoms with E-state index in [2.05, 4.69) is 11.9 Å². The molecule has 1 atom stereocenters. The van der Waals surface area contributed by atoms with Gasteiger partial charge in [-0.15, -0.1) is 0 Å². The molecule has 0 spiro atoms. The van der Waals surface area contributed by atoms with Crippen molar-refractivity contribution in [3.05, 3.63) is 42.5 Å². The van der Waals surface area contributed by atoms with Crippen LogP contribution in [0.1, 0.15) is 23.2 Å². The molecule has 0 bridgehead atoms. The minimum Gasteiger partial charge on any atom is -0.489 e. The molecule has 5 nitrogen and oxygen atoms in total. The topological polar surface area (TPSA) is 64.6 Å². The second-order valence-corrected chi connectivity index (χ2v) is 4.46. The number of rotatable bonds is 6. The fourth-order valence-electron chi connectivity index (χ4n) is 1.96. The normalized spacial score (nSPS) is 17.4. The van der Waals surface area contributed by atoms with E-state index < -0.39 is 0 Å². The van der Waals surface area contributed by atoms with E-state index in [4.69, 9.17) is 9.47 Å². The SMILES string of the molecule is C=CCOc1ccccc1C(=O)NCC1CCC(=O)O1. The number of para-hydroxylation sites is 1. The Balaban J connectivity index is 1.94. The van der Waals surface area contributed by atoms with Gasteiger partial charge in [0.1, 0.15) is 18.5 Å². The Bertz CT molecular complexity index is 512. The van der Waals surface area contributed by atoms with Crippen molar-refractivity contribution in [3.63, 3.8) is 0 Å². The van der Waals surface area contributed by atoms with Crippen molar-refractivity contribution in [2.75, 3.05) is 13.2 Å². The van der Waals surface area contributed by atoms with Crippen molar-refractivity contribution in [1.29, 1.82) is 0 Å². The molecule has 1 N–H and O–H groups in total. The standard InChI is InChI=1S/C15H17NO4/c1-2-9-19-13-6-4-3-5-12(13)15(18)16-10-11-7-8-14(17)20-11/h2-6,11H,1,7-10H2,(H,16,18). The molecule has 0 aromatic heterocycles. The molecular weight excluding hydrogens is 258 g/mol. The van der Waals surface area contributed by atoms with Gasteiger partial charge >= 0.3 is 5.97 Å². The zero-order chi connectivity index (χ0) is 14.4. The van der Waals surface area contributed by atoms with Gasteiger partial charge in [0.2, 0.25) is 0 Å². The van der Waals surface area contributed by atoms with Gasteiger partial charge in [0.15, 0.2) is 0 Å². The second kappa shape index (κ2) is 6.75. The number of ether oxygens (including phenoxy) is 2. The Morgan fingerprint density at radius 2 is 2.30 bits per heavy atom. The van der Waals surface area contributed by atoms with Crippen LogP contribution in [0, 0.1) is 0 Å². The first kappa shape index (κ1) is 14.1. The van der Waals surface area contributed by atoms with Gasteiger partial charge in [-0.3, -0.25) is 9.59 Å². The van der Waals surface area contributed by atoms with Crippen LogP contribution in [0.3, 0.4) is 0 Å². The molecule has 1 aromatic rings. The Labute approximate surface area is 117 Å². The van der Waals surface area contributed by atoms with Crippen LogP contribution in [0.4, 0.5) is 0 Å². The lowest BCUT2D eigenvalue weighted by Gasteiger charge is -2.13. The lowest BCUT2D eigenvalue weighted by Crippen LogP contribution is -2.32. The maximum absolute atomic E-state index is 12.1. The van der Waals surface area contributed by atoms with Crippen molar-refractivity contribution in [3.8, 4) is 5.75 Å². The van der Waals surface area contributed by atoms with E-state index in [1.165, 1.54) is 0 Å². The molecular formula is C15H17NO4. The number of benzene rings is 1. The van der Waals surface area contributed by atoms with Crippen molar-refractivity contribution in [2.24, 2.45) is 0 Å². The number of hydrogen-bond acceptors (Lipinski definition) is 4. The van der Waals surface area contributed by atoms with Gasteiger partial charge in [-0.2, -0.15) is 0 Å². The van der Waals surface area contributed by atoms with Gasteiger partial charge in [0.05, 0.1) is 12.1 Å². The first-order valence-corrected chi connectivity index (χ1v) is 6.51. The first-order chi connectivity index (χ1) is 9.70. The molecule has 5 heteroatoms. The predicted octanol–water partition coefficient (Wildman–Crippen LogP) is 1.69. The second-order valence-electron chi connectivity index (χ2n) is 4.46. The smallest absolute Gasteiger partial charge is 0.306 e. The van der Waals surface area contributed by atoms with E-state index in [0.717, 1.165) is 0 Å². The summed E-state index contributed by atoms with van der Waals surface area (Å²) in [5.74, 6) is 0.0555. The highest BCUT2D eigenvalue weighted by molar-refractivity contribution is 5.96. The quantitative estimate of drug-likeness (QED) is 0.634. The number of cyclic esters (lactones) is 1. The summed E-state index contributed by atoms with van der Waals surface area (Å²) < 4.78 is 10.5. The fraction of sp³-hybridized carbons (Fsp3) is 0.333. The average molecular weight is 275 g/mol. The number of nitrogens with one attached hydrogen (secondary N) is 1. The molecule has 0 saturated carbocycles. The van der Waals surface area contributed by atoms with Gasteiger partial charge in [0.25, 0.3) is 5.91 Å². The van der Waals surface area contributed by atoms with Crippen LogP contribution in [-0.2, 0) is 9.53 Å². The number of amides is 1. The van der Waals surface area contributed by atoms with Gasteiger partial charge < -0.3 is 14.8 Å². The molecule has 1 unspecified atom stereocenters. The minimum atomic E-state index is -0.243. The Hall–Kier alpha value is -2.30. The summed E-state index contributed by atoms with van der Waals surface area (Å²) in [6, 6.07) is 6.99. The number of esters is 1. The van der Waals surface area contributed by atoms with E-state index >= 15 is 0 Å². The number of carbonyl (C=O) groups excluding carboxylic acids is 2. The third kappa shape index (κ3) is 3.60. The highest BCUT2D eigenvalue weighted by atomic mass is 16.5. The molecule has 20 heavy (non-hydrogen) atoms.